The zero-order valence-corrected chi connectivity index (χ0v) is 13.6. The molecule has 1 aromatic carbocycles. The van der Waals surface area contributed by atoms with Crippen LogP contribution in [0.2, 0.25) is 0 Å². The van der Waals surface area contributed by atoms with E-state index in [1.807, 2.05) is 18.2 Å². The first-order valence-electron chi connectivity index (χ1n) is 8.15. The van der Waals surface area contributed by atoms with E-state index in [2.05, 4.69) is 20.8 Å². The molecule has 1 saturated heterocycles. The van der Waals surface area contributed by atoms with Gasteiger partial charge >= 0.3 is 6.18 Å². The molecule has 2 aromatic rings. The molecule has 1 atom stereocenters. The number of aromatic amines is 1. The fraction of sp³-hybridized carbons (Fsp3) is 0.500. The number of H-pyrrole nitrogens is 1. The van der Waals surface area contributed by atoms with Crippen molar-refractivity contribution in [2.45, 2.75) is 18.6 Å². The van der Waals surface area contributed by atoms with Gasteiger partial charge in [0.05, 0.1) is 17.6 Å². The van der Waals surface area contributed by atoms with Crippen molar-refractivity contribution in [2.24, 2.45) is 0 Å². The van der Waals surface area contributed by atoms with Gasteiger partial charge in [0, 0.05) is 38.1 Å². The molecule has 25 heavy (non-hydrogen) atoms. The van der Waals surface area contributed by atoms with Crippen LogP contribution >= 0.6 is 0 Å². The van der Waals surface area contributed by atoms with Crippen LogP contribution in [-0.4, -0.2) is 65.9 Å². The minimum absolute atomic E-state index is 0.0351. The quantitative estimate of drug-likeness (QED) is 0.750. The summed E-state index contributed by atoms with van der Waals surface area (Å²) in [5.74, 6) is -0.459. The van der Waals surface area contributed by atoms with Gasteiger partial charge in [0.2, 0.25) is 5.91 Å². The predicted octanol–water partition coefficient (Wildman–Crippen LogP) is 1.06. The minimum atomic E-state index is -4.38. The third kappa shape index (κ3) is 4.29. The summed E-state index contributed by atoms with van der Waals surface area (Å²) in [6.45, 7) is 1.20. The molecule has 136 valence electrons. The minimum Gasteiger partial charge on any atom is -0.354 e. The van der Waals surface area contributed by atoms with Crippen LogP contribution < -0.4 is 10.6 Å². The zero-order valence-electron chi connectivity index (χ0n) is 13.6. The number of carbonyl (C=O) groups excluding carboxylic acids is 1. The third-order valence-corrected chi connectivity index (χ3v) is 4.34. The molecule has 0 aliphatic carbocycles. The number of benzene rings is 1. The maximum Gasteiger partial charge on any atom is 0.405 e. The number of halogens is 3. The molecule has 3 N–H and O–H groups in total. The fourth-order valence-corrected chi connectivity index (χ4v) is 3.03. The van der Waals surface area contributed by atoms with Crippen molar-refractivity contribution in [1.29, 1.82) is 0 Å². The molecule has 2 heterocycles. The Morgan fingerprint density at radius 1 is 1.28 bits per heavy atom. The number of nitrogens with one attached hydrogen (secondary N) is 3. The highest BCUT2D eigenvalue weighted by Crippen LogP contribution is 2.25. The lowest BCUT2D eigenvalue weighted by Crippen LogP contribution is -2.57. The van der Waals surface area contributed by atoms with Crippen LogP contribution in [0.1, 0.15) is 5.69 Å². The highest BCUT2D eigenvalue weighted by molar-refractivity contribution is 5.87. The normalized spacial score (nSPS) is 17.6. The van der Waals surface area contributed by atoms with E-state index in [0.29, 0.717) is 31.9 Å². The zero-order chi connectivity index (χ0) is 17.9. The second-order valence-corrected chi connectivity index (χ2v) is 6.04. The Morgan fingerprint density at radius 3 is 2.72 bits per heavy atom. The van der Waals surface area contributed by atoms with Crippen LogP contribution in [0.3, 0.4) is 0 Å². The molecular weight excluding hydrogens is 335 g/mol. The van der Waals surface area contributed by atoms with Crippen LogP contribution in [0.25, 0.3) is 10.9 Å². The summed E-state index contributed by atoms with van der Waals surface area (Å²) >= 11 is 0. The van der Waals surface area contributed by atoms with Gasteiger partial charge in [-0.25, -0.2) is 0 Å². The van der Waals surface area contributed by atoms with Crippen LogP contribution in [0, 0.1) is 0 Å². The van der Waals surface area contributed by atoms with Crippen molar-refractivity contribution >= 4 is 16.8 Å². The Morgan fingerprint density at radius 2 is 2.00 bits per heavy atom. The van der Waals surface area contributed by atoms with Gasteiger partial charge in [-0.05, 0) is 6.07 Å². The summed E-state index contributed by atoms with van der Waals surface area (Å²) in [5, 5.41) is 13.1. The van der Waals surface area contributed by atoms with E-state index in [4.69, 9.17) is 0 Å². The van der Waals surface area contributed by atoms with Crippen LogP contribution in [0.15, 0.2) is 24.3 Å². The average molecular weight is 355 g/mol. The molecule has 1 aliphatic heterocycles. The molecule has 1 aromatic heterocycles. The maximum atomic E-state index is 13.3. The molecule has 0 radical (unpaired) electrons. The second-order valence-electron chi connectivity index (χ2n) is 6.04. The van der Waals surface area contributed by atoms with Crippen LogP contribution in [0.4, 0.5) is 13.2 Å². The van der Waals surface area contributed by atoms with Crippen molar-refractivity contribution in [1.82, 2.24) is 25.7 Å². The standard InChI is InChI=1S/C16H20F3N5O/c17-16(18,19)14(24-7-5-20-6-8-24)10-21-15(25)9-13-11-3-1-2-4-12(11)22-23-13/h1-4,14,20H,5-10H2,(H,21,25)(H,22,23). The molecule has 0 spiro atoms. The Labute approximate surface area is 142 Å². The molecule has 6 nitrogen and oxygen atoms in total. The fourth-order valence-electron chi connectivity index (χ4n) is 3.03. The Bertz CT molecular complexity index is 724. The van der Waals surface area contributed by atoms with Crippen LogP contribution in [0.5, 0.6) is 0 Å². The molecule has 0 bridgehead atoms. The van der Waals surface area contributed by atoms with Gasteiger partial charge in [-0.15, -0.1) is 0 Å². The first-order valence-corrected chi connectivity index (χ1v) is 8.15. The monoisotopic (exact) mass is 355 g/mol. The van der Waals surface area contributed by atoms with Crippen molar-refractivity contribution in [2.75, 3.05) is 32.7 Å². The number of amides is 1. The van der Waals surface area contributed by atoms with E-state index in [0.717, 1.165) is 10.9 Å². The number of para-hydroxylation sites is 1. The number of nitrogens with zero attached hydrogens (tertiary/aromatic N) is 2. The number of rotatable bonds is 5. The van der Waals surface area contributed by atoms with E-state index in [1.54, 1.807) is 6.07 Å². The topological polar surface area (TPSA) is 73.0 Å². The SMILES string of the molecule is O=C(Cc1[nH]nc2ccccc12)NCC(N1CCNCC1)C(F)(F)F. The van der Waals surface area contributed by atoms with Gasteiger partial charge in [-0.1, -0.05) is 18.2 Å². The Kier molecular flexibility index (Phi) is 5.24. The number of aromatic nitrogens is 2. The highest BCUT2D eigenvalue weighted by Gasteiger charge is 2.43. The number of hydrogen-bond acceptors (Lipinski definition) is 4. The lowest BCUT2D eigenvalue weighted by Gasteiger charge is -2.35. The summed E-state index contributed by atoms with van der Waals surface area (Å²) in [5.41, 5.74) is 1.32. The second kappa shape index (κ2) is 7.40. The lowest BCUT2D eigenvalue weighted by atomic mass is 10.1. The number of alkyl halides is 3. The van der Waals surface area contributed by atoms with Gasteiger partial charge in [0.1, 0.15) is 6.04 Å². The lowest BCUT2D eigenvalue weighted by molar-refractivity contribution is -0.184. The van der Waals surface area contributed by atoms with Crippen molar-refractivity contribution in [3.05, 3.63) is 30.0 Å². The van der Waals surface area contributed by atoms with Crippen molar-refractivity contribution in [3.63, 3.8) is 0 Å². The van der Waals surface area contributed by atoms with Crippen molar-refractivity contribution < 1.29 is 18.0 Å². The van der Waals surface area contributed by atoms with Gasteiger partial charge < -0.3 is 10.6 Å². The molecule has 9 heteroatoms. The van der Waals surface area contributed by atoms with E-state index in [-0.39, 0.29) is 6.42 Å². The molecule has 3 rings (SSSR count). The van der Waals surface area contributed by atoms with E-state index in [9.17, 15) is 18.0 Å². The first kappa shape index (κ1) is 17.7. The first-order chi connectivity index (χ1) is 11.9. The average Bonchev–Trinajstić information content (AvgIpc) is 2.98. The summed E-state index contributed by atoms with van der Waals surface area (Å²) < 4.78 is 39.9. The smallest absolute Gasteiger partial charge is 0.354 e. The number of fused-ring (bicyclic) bond motifs is 1. The number of piperazine rings is 1. The molecule has 1 fully saturated rings. The highest BCUT2D eigenvalue weighted by atomic mass is 19.4. The molecule has 1 unspecified atom stereocenters. The molecule has 1 amide bonds. The number of hydrogen-bond donors (Lipinski definition) is 3. The molecular formula is C16H20F3N5O. The summed E-state index contributed by atoms with van der Waals surface area (Å²) in [4.78, 5) is 13.5. The van der Waals surface area contributed by atoms with E-state index >= 15 is 0 Å². The van der Waals surface area contributed by atoms with Crippen LogP contribution in [-0.2, 0) is 11.2 Å². The van der Waals surface area contributed by atoms with Gasteiger partial charge in [0.15, 0.2) is 0 Å². The predicted molar refractivity (Wildman–Crippen MR) is 87.1 cm³/mol. The van der Waals surface area contributed by atoms with E-state index in [1.165, 1.54) is 4.90 Å². The van der Waals surface area contributed by atoms with Gasteiger partial charge in [0.25, 0.3) is 0 Å². The summed E-state index contributed by atoms with van der Waals surface area (Å²) in [7, 11) is 0. The van der Waals surface area contributed by atoms with Crippen molar-refractivity contribution in [3.8, 4) is 0 Å². The molecule has 0 saturated carbocycles. The Balaban J connectivity index is 1.61. The molecule has 1 aliphatic rings. The largest absolute Gasteiger partial charge is 0.405 e. The van der Waals surface area contributed by atoms with E-state index < -0.39 is 24.7 Å². The summed E-state index contributed by atoms with van der Waals surface area (Å²) in [6, 6.07) is 5.60. The van der Waals surface area contributed by atoms with Gasteiger partial charge in [-0.2, -0.15) is 18.3 Å². The Hall–Kier alpha value is -2.13. The van der Waals surface area contributed by atoms with Gasteiger partial charge in [-0.3, -0.25) is 14.8 Å². The third-order valence-electron chi connectivity index (χ3n) is 4.34. The number of carbonyl (C=O) groups is 1. The summed E-state index contributed by atoms with van der Waals surface area (Å²) in [6.07, 6.45) is -4.42. The maximum absolute atomic E-state index is 13.3.